The third kappa shape index (κ3) is 3.50. The molecule has 8 heteroatoms. The highest BCUT2D eigenvalue weighted by atomic mass is 16.2. The molecule has 4 aliphatic rings. The Morgan fingerprint density at radius 2 is 1.67 bits per heavy atom. The Labute approximate surface area is 193 Å². The van der Waals surface area contributed by atoms with Crippen LogP contribution in [0.3, 0.4) is 0 Å². The van der Waals surface area contributed by atoms with Gasteiger partial charge in [-0.2, -0.15) is 5.10 Å². The van der Waals surface area contributed by atoms with E-state index in [1.807, 2.05) is 72.4 Å². The molecule has 2 saturated heterocycles. The van der Waals surface area contributed by atoms with Gasteiger partial charge in [-0.25, -0.2) is 15.0 Å². The molecule has 2 unspecified atom stereocenters. The van der Waals surface area contributed by atoms with Crippen LogP contribution in [0.1, 0.15) is 17.0 Å². The number of hydrogen-bond donors (Lipinski definition) is 0. The molecule has 6 rings (SSSR count). The highest BCUT2D eigenvalue weighted by Crippen LogP contribution is 2.36. The number of aromatic nitrogens is 2. The van der Waals surface area contributed by atoms with Crippen LogP contribution in [0.15, 0.2) is 58.8 Å². The molecule has 0 bridgehead atoms. The van der Waals surface area contributed by atoms with Gasteiger partial charge in [0, 0.05) is 61.8 Å². The summed E-state index contributed by atoms with van der Waals surface area (Å²) in [7, 11) is 0. The highest BCUT2D eigenvalue weighted by Gasteiger charge is 2.48. The average molecular weight is 442 g/mol. The molecule has 33 heavy (non-hydrogen) atoms. The number of rotatable bonds is 3. The Morgan fingerprint density at radius 1 is 0.970 bits per heavy atom. The fourth-order valence-electron chi connectivity index (χ4n) is 5.55. The minimum Gasteiger partial charge on any atom is -0.341 e. The number of fused-ring (bicyclic) bond motifs is 2. The summed E-state index contributed by atoms with van der Waals surface area (Å²) in [6, 6.07) is 12.0. The SMILES string of the molecule is Cc1cc(C)nc(N2C[C@H]3CN(C(=O)C4C(c5ccccc5)=NN5C=CC=NC45)C[C@H]3C2)n1. The zero-order valence-electron chi connectivity index (χ0n) is 18.9. The van der Waals surface area contributed by atoms with Crippen LogP contribution >= 0.6 is 0 Å². The molecule has 1 aromatic carbocycles. The third-order valence-corrected chi connectivity index (χ3v) is 7.04. The summed E-state index contributed by atoms with van der Waals surface area (Å²) in [4.78, 5) is 32.0. The van der Waals surface area contributed by atoms with Crippen LogP contribution in [-0.2, 0) is 4.79 Å². The van der Waals surface area contributed by atoms with Crippen molar-refractivity contribution in [1.82, 2.24) is 19.9 Å². The van der Waals surface area contributed by atoms with Crippen molar-refractivity contribution < 1.29 is 4.79 Å². The molecular formula is C25H27N7O. The monoisotopic (exact) mass is 441 g/mol. The minimum absolute atomic E-state index is 0.126. The normalized spacial score (nSPS) is 27.7. The maximum absolute atomic E-state index is 13.8. The Hall–Kier alpha value is -3.55. The van der Waals surface area contributed by atoms with E-state index in [4.69, 9.17) is 5.10 Å². The molecule has 0 radical (unpaired) electrons. The summed E-state index contributed by atoms with van der Waals surface area (Å²) in [5, 5.41) is 6.59. The van der Waals surface area contributed by atoms with Crippen molar-refractivity contribution in [2.24, 2.45) is 27.8 Å². The first kappa shape index (κ1) is 20.1. The van der Waals surface area contributed by atoms with Crippen molar-refractivity contribution >= 4 is 23.8 Å². The standard InChI is InChI=1S/C25H27N7O/c1-16-11-17(2)28-25(27-16)31-14-19-12-30(13-20(19)15-31)24(33)21-22(18-7-4-3-5-8-18)29-32-10-6-9-26-23(21)32/h3-11,19-21,23H,12-15H2,1-2H3/t19-,20+,21?,23?. The lowest BCUT2D eigenvalue weighted by molar-refractivity contribution is -0.133. The molecule has 0 aliphatic carbocycles. The van der Waals surface area contributed by atoms with E-state index in [-0.39, 0.29) is 12.1 Å². The van der Waals surface area contributed by atoms with Crippen LogP contribution in [0.25, 0.3) is 0 Å². The molecule has 0 saturated carbocycles. The number of hydrazone groups is 1. The van der Waals surface area contributed by atoms with Crippen molar-refractivity contribution in [3.63, 3.8) is 0 Å². The fraction of sp³-hybridized carbons (Fsp3) is 0.400. The Morgan fingerprint density at radius 3 is 2.36 bits per heavy atom. The highest BCUT2D eigenvalue weighted by molar-refractivity contribution is 6.14. The quantitative estimate of drug-likeness (QED) is 0.730. The van der Waals surface area contributed by atoms with Gasteiger partial charge in [0.05, 0.1) is 5.71 Å². The lowest BCUT2D eigenvalue weighted by Gasteiger charge is -2.28. The molecule has 4 aliphatic heterocycles. The van der Waals surface area contributed by atoms with E-state index in [2.05, 4.69) is 19.9 Å². The van der Waals surface area contributed by atoms with Crippen molar-refractivity contribution in [2.75, 3.05) is 31.1 Å². The largest absolute Gasteiger partial charge is 0.341 e. The predicted molar refractivity (Wildman–Crippen MR) is 127 cm³/mol. The summed E-state index contributed by atoms with van der Waals surface area (Å²) in [6.45, 7) is 7.31. The summed E-state index contributed by atoms with van der Waals surface area (Å²) in [5.74, 6) is 1.41. The van der Waals surface area contributed by atoms with Crippen LogP contribution in [0.5, 0.6) is 0 Å². The van der Waals surface area contributed by atoms with E-state index in [1.165, 1.54) is 0 Å². The van der Waals surface area contributed by atoms with Crippen LogP contribution < -0.4 is 4.90 Å². The van der Waals surface area contributed by atoms with E-state index < -0.39 is 5.92 Å². The Kier molecular flexibility index (Phi) is 4.74. The van der Waals surface area contributed by atoms with Crippen LogP contribution in [0.2, 0.25) is 0 Å². The maximum atomic E-state index is 13.8. The lowest BCUT2D eigenvalue weighted by Crippen LogP contribution is -2.45. The summed E-state index contributed by atoms with van der Waals surface area (Å²) < 4.78 is 0. The van der Waals surface area contributed by atoms with Crippen molar-refractivity contribution in [3.8, 4) is 0 Å². The number of carbonyl (C=O) groups excluding carboxylic acids is 1. The topological polar surface area (TPSA) is 77.3 Å². The molecule has 5 heterocycles. The van der Waals surface area contributed by atoms with Gasteiger partial charge in [0.2, 0.25) is 11.9 Å². The Balaban J connectivity index is 1.20. The van der Waals surface area contributed by atoms with Crippen LogP contribution in [0, 0.1) is 31.6 Å². The molecule has 0 spiro atoms. The Bertz CT molecular complexity index is 1140. The number of benzene rings is 1. The summed E-state index contributed by atoms with van der Waals surface area (Å²) >= 11 is 0. The van der Waals surface area contributed by atoms with Gasteiger partial charge in [0.1, 0.15) is 5.92 Å². The zero-order valence-corrected chi connectivity index (χ0v) is 18.9. The number of anilines is 1. The average Bonchev–Trinajstić information content (AvgIpc) is 3.50. The number of likely N-dealkylation sites (tertiary alicyclic amines) is 1. The van der Waals surface area contributed by atoms with Gasteiger partial charge in [-0.05, 0) is 31.6 Å². The first-order valence-electron chi connectivity index (χ1n) is 11.5. The summed E-state index contributed by atoms with van der Waals surface area (Å²) in [5.41, 5.74) is 3.77. The van der Waals surface area contributed by atoms with Crippen LogP contribution in [0.4, 0.5) is 5.95 Å². The zero-order chi connectivity index (χ0) is 22.5. The van der Waals surface area contributed by atoms with Crippen LogP contribution in [-0.4, -0.2) is 70.1 Å². The lowest BCUT2D eigenvalue weighted by atomic mass is 9.93. The molecule has 2 fully saturated rings. The molecule has 2 aromatic rings. The number of amides is 1. The number of carbonyl (C=O) groups is 1. The van der Waals surface area contributed by atoms with Gasteiger partial charge in [-0.1, -0.05) is 30.3 Å². The summed E-state index contributed by atoms with van der Waals surface area (Å²) in [6.07, 6.45) is 5.22. The molecule has 1 aromatic heterocycles. The second-order valence-electron chi connectivity index (χ2n) is 9.38. The number of allylic oxidation sites excluding steroid dienone is 1. The van der Waals surface area contributed by atoms with E-state index in [0.717, 1.165) is 54.8 Å². The first-order valence-corrected chi connectivity index (χ1v) is 11.5. The fourth-order valence-corrected chi connectivity index (χ4v) is 5.55. The minimum atomic E-state index is -0.397. The van der Waals surface area contributed by atoms with Crippen molar-refractivity contribution in [1.29, 1.82) is 0 Å². The van der Waals surface area contributed by atoms with Gasteiger partial charge < -0.3 is 9.80 Å². The molecular weight excluding hydrogens is 414 g/mol. The molecule has 1 amide bonds. The van der Waals surface area contributed by atoms with E-state index in [9.17, 15) is 4.79 Å². The number of aryl methyl sites for hydroxylation is 2. The maximum Gasteiger partial charge on any atom is 0.236 e. The van der Waals surface area contributed by atoms with Crippen molar-refractivity contribution in [2.45, 2.75) is 20.0 Å². The van der Waals surface area contributed by atoms with Gasteiger partial charge in [-0.3, -0.25) is 9.79 Å². The third-order valence-electron chi connectivity index (χ3n) is 7.04. The van der Waals surface area contributed by atoms with Gasteiger partial charge >= 0.3 is 0 Å². The van der Waals surface area contributed by atoms with Gasteiger partial charge in [-0.15, -0.1) is 0 Å². The smallest absolute Gasteiger partial charge is 0.236 e. The molecule has 8 nitrogen and oxygen atoms in total. The van der Waals surface area contributed by atoms with Gasteiger partial charge in [0.15, 0.2) is 6.17 Å². The molecule has 4 atom stereocenters. The second kappa shape index (κ2) is 7.79. The molecule has 0 N–H and O–H groups in total. The number of hydrogen-bond acceptors (Lipinski definition) is 7. The van der Waals surface area contributed by atoms with E-state index in [1.54, 1.807) is 6.21 Å². The van der Waals surface area contributed by atoms with E-state index >= 15 is 0 Å². The number of nitrogens with zero attached hydrogens (tertiary/aromatic N) is 7. The van der Waals surface area contributed by atoms with Crippen molar-refractivity contribution in [3.05, 3.63) is 65.6 Å². The molecule has 168 valence electrons. The van der Waals surface area contributed by atoms with E-state index in [0.29, 0.717) is 11.8 Å². The predicted octanol–water partition coefficient (Wildman–Crippen LogP) is 2.25. The second-order valence-corrected chi connectivity index (χ2v) is 9.38. The first-order chi connectivity index (χ1) is 16.1. The number of aliphatic imine (C=N–C) groups is 1. The van der Waals surface area contributed by atoms with Gasteiger partial charge in [0.25, 0.3) is 0 Å².